The fourth-order valence-electron chi connectivity index (χ4n) is 3.68. The quantitative estimate of drug-likeness (QED) is 0.544. The summed E-state index contributed by atoms with van der Waals surface area (Å²) in [5, 5.41) is 3.07. The van der Waals surface area contributed by atoms with Gasteiger partial charge in [-0.05, 0) is 43.6 Å². The summed E-state index contributed by atoms with van der Waals surface area (Å²) in [6, 6.07) is 7.96. The first-order valence-electron chi connectivity index (χ1n) is 10.3. The fourth-order valence-corrected chi connectivity index (χ4v) is 3.68. The molecular weight excluding hydrogens is 382 g/mol. The van der Waals surface area contributed by atoms with Gasteiger partial charge in [-0.1, -0.05) is 31.2 Å². The van der Waals surface area contributed by atoms with Gasteiger partial charge < -0.3 is 25.7 Å². The van der Waals surface area contributed by atoms with E-state index in [1.807, 2.05) is 24.3 Å². The second-order valence-electron chi connectivity index (χ2n) is 7.52. The van der Waals surface area contributed by atoms with Crippen molar-refractivity contribution in [2.75, 3.05) is 25.4 Å². The van der Waals surface area contributed by atoms with Gasteiger partial charge in [0.05, 0.1) is 6.33 Å². The van der Waals surface area contributed by atoms with Gasteiger partial charge in [-0.3, -0.25) is 4.79 Å². The molecule has 9 nitrogen and oxygen atoms in total. The zero-order chi connectivity index (χ0) is 20.9. The minimum Gasteiger partial charge on any atom is -0.471 e. The number of nitrogens with two attached hydrogens (primary N) is 1. The first kappa shape index (κ1) is 20.1. The van der Waals surface area contributed by atoms with E-state index in [0.717, 1.165) is 43.6 Å². The molecule has 9 heteroatoms. The van der Waals surface area contributed by atoms with Gasteiger partial charge in [-0.15, -0.1) is 0 Å². The van der Waals surface area contributed by atoms with Crippen LogP contribution in [-0.2, 0) is 17.9 Å². The highest BCUT2D eigenvalue weighted by Gasteiger charge is 2.23. The number of benzene rings is 1. The number of piperidine rings is 1. The number of anilines is 1. The molecule has 2 aromatic heterocycles. The highest BCUT2D eigenvalue weighted by molar-refractivity contribution is 5.78. The number of nitrogens with one attached hydrogen (secondary N) is 2. The van der Waals surface area contributed by atoms with Crippen molar-refractivity contribution in [1.82, 2.24) is 30.2 Å². The van der Waals surface area contributed by atoms with Crippen LogP contribution in [0.5, 0.6) is 5.88 Å². The van der Waals surface area contributed by atoms with Gasteiger partial charge >= 0.3 is 0 Å². The summed E-state index contributed by atoms with van der Waals surface area (Å²) in [7, 11) is 0. The van der Waals surface area contributed by atoms with Crippen LogP contribution in [0.25, 0.3) is 11.2 Å². The lowest BCUT2D eigenvalue weighted by Gasteiger charge is -2.30. The Kier molecular flexibility index (Phi) is 6.08. The number of amides is 1. The predicted octanol–water partition coefficient (Wildman–Crippen LogP) is 1.86. The smallest absolute Gasteiger partial charge is 0.245 e. The van der Waals surface area contributed by atoms with Crippen LogP contribution in [0.4, 0.5) is 5.95 Å². The average molecular weight is 409 g/mol. The number of ether oxygens (including phenoxy) is 1. The second kappa shape index (κ2) is 9.08. The van der Waals surface area contributed by atoms with E-state index >= 15 is 0 Å². The fraction of sp³-hybridized carbons (Fsp3) is 0.429. The summed E-state index contributed by atoms with van der Waals surface area (Å²) in [5.74, 6) is 0.777. The number of fused-ring (bicyclic) bond motifs is 1. The molecule has 3 aromatic rings. The normalized spacial score (nSPS) is 15.4. The Labute approximate surface area is 175 Å². The Morgan fingerprint density at radius 2 is 1.97 bits per heavy atom. The summed E-state index contributed by atoms with van der Waals surface area (Å²) in [6.07, 6.45) is 3.40. The van der Waals surface area contributed by atoms with E-state index in [-0.39, 0.29) is 17.8 Å². The Morgan fingerprint density at radius 3 is 2.70 bits per heavy atom. The average Bonchev–Trinajstić information content (AvgIpc) is 3.25. The number of H-pyrrole nitrogens is 1. The molecule has 4 N–H and O–H groups in total. The summed E-state index contributed by atoms with van der Waals surface area (Å²) in [4.78, 5) is 30.0. The molecule has 0 spiro atoms. The van der Waals surface area contributed by atoms with Gasteiger partial charge in [0.2, 0.25) is 17.7 Å². The van der Waals surface area contributed by atoms with Crippen molar-refractivity contribution >= 4 is 23.0 Å². The minimum absolute atomic E-state index is 0.121. The molecule has 158 valence electrons. The summed E-state index contributed by atoms with van der Waals surface area (Å²) in [5.41, 5.74) is 8.84. The molecule has 0 radical (unpaired) electrons. The van der Waals surface area contributed by atoms with Gasteiger partial charge in [-0.2, -0.15) is 9.97 Å². The molecule has 0 bridgehead atoms. The Hall–Kier alpha value is -3.20. The SMILES string of the molecule is CCN1CCC(C(=O)NCc2ccc(COc3nc(N)nc4nc[nH]c34)cc2)CC1. The van der Waals surface area contributed by atoms with Crippen LogP contribution in [0.1, 0.15) is 30.9 Å². The molecule has 1 saturated heterocycles. The highest BCUT2D eigenvalue weighted by Crippen LogP contribution is 2.21. The third-order valence-electron chi connectivity index (χ3n) is 5.54. The van der Waals surface area contributed by atoms with E-state index in [0.29, 0.717) is 30.2 Å². The maximum atomic E-state index is 12.4. The molecule has 1 aliphatic heterocycles. The van der Waals surface area contributed by atoms with Crippen molar-refractivity contribution < 1.29 is 9.53 Å². The van der Waals surface area contributed by atoms with E-state index in [2.05, 4.69) is 37.1 Å². The number of rotatable bonds is 7. The van der Waals surface area contributed by atoms with Crippen LogP contribution in [0.3, 0.4) is 0 Å². The summed E-state index contributed by atoms with van der Waals surface area (Å²) in [6.45, 7) is 6.11. The maximum absolute atomic E-state index is 12.4. The molecule has 0 unspecified atom stereocenters. The standard InChI is InChI=1S/C21H27N7O2/c1-2-28-9-7-16(8-10-28)19(29)23-11-14-3-5-15(6-4-14)12-30-20-17-18(25-13-24-17)26-21(22)27-20/h3-6,13,16H,2,7-12H2,1H3,(H,23,29)(H3,22,24,25,26,27). The molecule has 0 atom stereocenters. The highest BCUT2D eigenvalue weighted by atomic mass is 16.5. The van der Waals surface area contributed by atoms with Crippen LogP contribution in [-0.4, -0.2) is 50.4 Å². The lowest BCUT2D eigenvalue weighted by atomic mass is 9.96. The monoisotopic (exact) mass is 409 g/mol. The van der Waals surface area contributed by atoms with Crippen molar-refractivity contribution in [2.24, 2.45) is 5.92 Å². The zero-order valence-corrected chi connectivity index (χ0v) is 17.1. The van der Waals surface area contributed by atoms with E-state index in [1.54, 1.807) is 0 Å². The van der Waals surface area contributed by atoms with Gasteiger partial charge in [-0.25, -0.2) is 4.98 Å². The largest absolute Gasteiger partial charge is 0.471 e. The van der Waals surface area contributed by atoms with Crippen LogP contribution in [0.15, 0.2) is 30.6 Å². The number of imidazole rings is 1. The molecule has 30 heavy (non-hydrogen) atoms. The third-order valence-corrected chi connectivity index (χ3v) is 5.54. The lowest BCUT2D eigenvalue weighted by Crippen LogP contribution is -2.40. The van der Waals surface area contributed by atoms with Crippen molar-refractivity contribution in [3.8, 4) is 5.88 Å². The number of nitrogen functional groups attached to an aromatic ring is 1. The predicted molar refractivity (Wildman–Crippen MR) is 114 cm³/mol. The molecule has 1 aliphatic rings. The van der Waals surface area contributed by atoms with Crippen LogP contribution in [0.2, 0.25) is 0 Å². The van der Waals surface area contributed by atoms with E-state index in [9.17, 15) is 4.79 Å². The minimum atomic E-state index is 0.121. The van der Waals surface area contributed by atoms with Gasteiger partial charge in [0.25, 0.3) is 0 Å². The number of hydrogen-bond acceptors (Lipinski definition) is 7. The molecule has 3 heterocycles. The summed E-state index contributed by atoms with van der Waals surface area (Å²) >= 11 is 0. The molecule has 1 fully saturated rings. The van der Waals surface area contributed by atoms with E-state index in [1.165, 1.54) is 6.33 Å². The van der Waals surface area contributed by atoms with Crippen LogP contribution in [0, 0.1) is 5.92 Å². The number of hydrogen-bond donors (Lipinski definition) is 3. The Bertz CT molecular complexity index is 994. The molecule has 1 aromatic carbocycles. The molecule has 0 saturated carbocycles. The molecular formula is C21H27N7O2. The van der Waals surface area contributed by atoms with Gasteiger partial charge in [0.15, 0.2) is 5.65 Å². The first-order valence-corrected chi connectivity index (χ1v) is 10.3. The van der Waals surface area contributed by atoms with Gasteiger partial charge in [0.1, 0.15) is 12.1 Å². The van der Waals surface area contributed by atoms with Crippen molar-refractivity contribution in [1.29, 1.82) is 0 Å². The van der Waals surface area contributed by atoms with Crippen molar-refractivity contribution in [3.63, 3.8) is 0 Å². The number of likely N-dealkylation sites (tertiary alicyclic amines) is 1. The number of aromatic amines is 1. The Balaban J connectivity index is 1.28. The lowest BCUT2D eigenvalue weighted by molar-refractivity contribution is -0.126. The van der Waals surface area contributed by atoms with Crippen molar-refractivity contribution in [2.45, 2.75) is 32.9 Å². The first-order chi connectivity index (χ1) is 14.6. The molecule has 1 amide bonds. The van der Waals surface area contributed by atoms with Crippen LogP contribution >= 0.6 is 0 Å². The topological polar surface area (TPSA) is 122 Å². The van der Waals surface area contributed by atoms with Gasteiger partial charge in [0, 0.05) is 12.5 Å². The third kappa shape index (κ3) is 4.68. The Morgan fingerprint density at radius 1 is 1.23 bits per heavy atom. The summed E-state index contributed by atoms with van der Waals surface area (Å²) < 4.78 is 5.80. The van der Waals surface area contributed by atoms with E-state index < -0.39 is 0 Å². The van der Waals surface area contributed by atoms with Crippen LogP contribution < -0.4 is 15.8 Å². The number of carbonyl (C=O) groups is 1. The maximum Gasteiger partial charge on any atom is 0.245 e. The van der Waals surface area contributed by atoms with E-state index in [4.69, 9.17) is 10.5 Å². The number of nitrogens with zero attached hydrogens (tertiary/aromatic N) is 4. The second-order valence-corrected chi connectivity index (χ2v) is 7.52. The zero-order valence-electron chi connectivity index (χ0n) is 17.1. The molecule has 4 rings (SSSR count). The van der Waals surface area contributed by atoms with Crippen molar-refractivity contribution in [3.05, 3.63) is 41.7 Å². The number of carbonyl (C=O) groups excluding carboxylic acids is 1. The number of aromatic nitrogens is 4. The molecule has 0 aliphatic carbocycles.